The van der Waals surface area contributed by atoms with Crippen molar-refractivity contribution >= 4 is 21.7 Å². The lowest BCUT2D eigenvalue weighted by atomic mass is 10.3. The largest absolute Gasteiger partial charge is 0.381 e. The van der Waals surface area contributed by atoms with Crippen LogP contribution in [0.1, 0.15) is 0 Å². The predicted octanol–water partition coefficient (Wildman–Crippen LogP) is 1.22. The van der Waals surface area contributed by atoms with Crippen molar-refractivity contribution in [2.45, 2.75) is 0 Å². The Balaban J connectivity index is 2.47. The molecule has 0 radical (unpaired) electrons. The van der Waals surface area contributed by atoms with Gasteiger partial charge in [0.05, 0.1) is 18.1 Å². The maximum absolute atomic E-state index is 5.53. The maximum Gasteiger partial charge on any atom is 0.156 e. The van der Waals surface area contributed by atoms with Crippen LogP contribution in [0, 0.1) is 0 Å². The molecule has 0 unspecified atom stereocenters. The van der Waals surface area contributed by atoms with E-state index in [-0.39, 0.29) is 0 Å². The van der Waals surface area contributed by atoms with Gasteiger partial charge in [0.15, 0.2) is 5.82 Å². The van der Waals surface area contributed by atoms with Gasteiger partial charge in [0.2, 0.25) is 0 Å². The molecule has 0 spiro atoms. The van der Waals surface area contributed by atoms with Crippen molar-refractivity contribution in [1.29, 1.82) is 0 Å². The Hall–Kier alpha value is -1.43. The highest BCUT2D eigenvalue weighted by molar-refractivity contribution is 9.10. The Bertz CT molecular complexity index is 465. The summed E-state index contributed by atoms with van der Waals surface area (Å²) in [5, 5.41) is 4.05. The Labute approximate surface area is 89.1 Å². The zero-order chi connectivity index (χ0) is 10.1. The van der Waals surface area contributed by atoms with Crippen LogP contribution >= 0.6 is 15.9 Å². The lowest BCUT2D eigenvalue weighted by Gasteiger charge is -1.98. The summed E-state index contributed by atoms with van der Waals surface area (Å²) in [7, 11) is 1.85. The smallest absolute Gasteiger partial charge is 0.156 e. The van der Waals surface area contributed by atoms with Crippen molar-refractivity contribution in [3.63, 3.8) is 0 Å². The van der Waals surface area contributed by atoms with Crippen molar-refractivity contribution in [2.24, 2.45) is 7.05 Å². The van der Waals surface area contributed by atoms with E-state index >= 15 is 0 Å². The van der Waals surface area contributed by atoms with Crippen molar-refractivity contribution in [3.8, 4) is 11.3 Å². The van der Waals surface area contributed by atoms with Gasteiger partial charge in [-0.15, -0.1) is 0 Å². The molecule has 2 aromatic heterocycles. The highest BCUT2D eigenvalue weighted by Gasteiger charge is 2.05. The topological polar surface area (TPSA) is 69.6 Å². The zero-order valence-corrected chi connectivity index (χ0v) is 9.06. The summed E-state index contributed by atoms with van der Waals surface area (Å²) in [5.74, 6) is 0.387. The minimum Gasteiger partial charge on any atom is -0.381 e. The molecule has 0 saturated carbocycles. The molecule has 0 aliphatic heterocycles. The molecule has 5 nitrogen and oxygen atoms in total. The predicted molar refractivity (Wildman–Crippen MR) is 56.3 cm³/mol. The van der Waals surface area contributed by atoms with Gasteiger partial charge in [-0.25, -0.2) is 9.97 Å². The van der Waals surface area contributed by atoms with Crippen LogP contribution in [-0.4, -0.2) is 19.7 Å². The summed E-state index contributed by atoms with van der Waals surface area (Å²) in [4.78, 5) is 8.23. The summed E-state index contributed by atoms with van der Waals surface area (Å²) in [5.41, 5.74) is 7.20. The minimum atomic E-state index is 0.387. The number of rotatable bonds is 1. The highest BCUT2D eigenvalue weighted by Crippen LogP contribution is 2.20. The molecule has 6 heteroatoms. The van der Waals surface area contributed by atoms with Crippen LogP contribution in [0.3, 0.4) is 0 Å². The second kappa shape index (κ2) is 3.38. The quantitative estimate of drug-likeness (QED) is 0.830. The van der Waals surface area contributed by atoms with E-state index in [9.17, 15) is 0 Å². The molecule has 14 heavy (non-hydrogen) atoms. The van der Waals surface area contributed by atoms with Crippen LogP contribution < -0.4 is 5.73 Å². The first-order chi connectivity index (χ1) is 6.66. The van der Waals surface area contributed by atoms with Crippen molar-refractivity contribution in [3.05, 3.63) is 23.2 Å². The maximum atomic E-state index is 5.53. The number of anilines is 1. The number of aromatic nitrogens is 4. The Kier molecular flexibility index (Phi) is 2.20. The molecular formula is C8H8BrN5. The summed E-state index contributed by atoms with van der Waals surface area (Å²) in [6.07, 6.45) is 5.22. The van der Waals surface area contributed by atoms with E-state index in [1.165, 1.54) is 0 Å². The highest BCUT2D eigenvalue weighted by atomic mass is 79.9. The summed E-state index contributed by atoms with van der Waals surface area (Å²) in [6.45, 7) is 0. The fourth-order valence-corrected chi connectivity index (χ4v) is 1.36. The van der Waals surface area contributed by atoms with Crippen molar-refractivity contribution in [1.82, 2.24) is 19.7 Å². The monoisotopic (exact) mass is 253 g/mol. The van der Waals surface area contributed by atoms with E-state index in [1.54, 1.807) is 17.1 Å². The van der Waals surface area contributed by atoms with Crippen molar-refractivity contribution in [2.75, 3.05) is 5.73 Å². The lowest BCUT2D eigenvalue weighted by molar-refractivity contribution is 0.768. The molecule has 0 saturated heterocycles. The molecule has 2 aromatic rings. The van der Waals surface area contributed by atoms with Crippen LogP contribution in [0.4, 0.5) is 5.82 Å². The molecule has 2 rings (SSSR count). The average Bonchev–Trinajstić information content (AvgIpc) is 2.57. The van der Waals surface area contributed by atoms with Gasteiger partial charge in [-0.05, 0) is 15.9 Å². The third-order valence-corrected chi connectivity index (χ3v) is 2.34. The van der Waals surface area contributed by atoms with E-state index < -0.39 is 0 Å². The van der Waals surface area contributed by atoms with Gasteiger partial charge in [-0.2, -0.15) is 5.10 Å². The number of nitrogens with two attached hydrogens (primary N) is 1. The molecule has 72 valence electrons. The van der Waals surface area contributed by atoms with Crippen molar-refractivity contribution < 1.29 is 0 Å². The molecule has 2 N–H and O–H groups in total. The van der Waals surface area contributed by atoms with E-state index in [0.717, 1.165) is 11.3 Å². The number of nitrogen functional groups attached to an aromatic ring is 1. The summed E-state index contributed by atoms with van der Waals surface area (Å²) < 4.78 is 2.26. The Morgan fingerprint density at radius 1 is 1.43 bits per heavy atom. The molecule has 0 aliphatic rings. The summed E-state index contributed by atoms with van der Waals surface area (Å²) >= 11 is 3.22. The first kappa shape index (κ1) is 9.14. The third kappa shape index (κ3) is 1.60. The van der Waals surface area contributed by atoms with E-state index in [0.29, 0.717) is 10.4 Å². The van der Waals surface area contributed by atoms with E-state index in [1.807, 2.05) is 13.2 Å². The number of hydrogen-bond donors (Lipinski definition) is 1. The van der Waals surface area contributed by atoms with Gasteiger partial charge >= 0.3 is 0 Å². The second-order valence-electron chi connectivity index (χ2n) is 2.83. The summed E-state index contributed by atoms with van der Waals surface area (Å²) in [6, 6.07) is 0. The molecule has 2 heterocycles. The third-order valence-electron chi connectivity index (χ3n) is 1.76. The first-order valence-electron chi connectivity index (χ1n) is 3.94. The van der Waals surface area contributed by atoms with Gasteiger partial charge in [0, 0.05) is 18.8 Å². The fourth-order valence-electron chi connectivity index (χ4n) is 1.07. The van der Waals surface area contributed by atoms with Gasteiger partial charge in [0.25, 0.3) is 0 Å². The Morgan fingerprint density at radius 2 is 2.21 bits per heavy atom. The van der Waals surface area contributed by atoms with E-state index in [2.05, 4.69) is 31.0 Å². The van der Waals surface area contributed by atoms with Gasteiger partial charge in [-0.1, -0.05) is 0 Å². The molecule has 0 aliphatic carbocycles. The van der Waals surface area contributed by atoms with Crippen LogP contribution in [0.25, 0.3) is 11.3 Å². The van der Waals surface area contributed by atoms with Crippen LogP contribution in [0.15, 0.2) is 23.2 Å². The molecule has 0 fully saturated rings. The molecular weight excluding hydrogens is 246 g/mol. The number of hydrogen-bond acceptors (Lipinski definition) is 4. The van der Waals surface area contributed by atoms with Gasteiger partial charge < -0.3 is 5.73 Å². The molecule has 0 aromatic carbocycles. The Morgan fingerprint density at radius 3 is 2.79 bits per heavy atom. The average molecular weight is 254 g/mol. The van der Waals surface area contributed by atoms with Crippen LogP contribution in [-0.2, 0) is 7.05 Å². The second-order valence-corrected chi connectivity index (χ2v) is 3.59. The van der Waals surface area contributed by atoms with E-state index in [4.69, 9.17) is 5.73 Å². The van der Waals surface area contributed by atoms with Gasteiger partial charge in [-0.3, -0.25) is 4.68 Å². The lowest BCUT2D eigenvalue weighted by Crippen LogP contribution is -1.95. The minimum absolute atomic E-state index is 0.387. The van der Waals surface area contributed by atoms with Gasteiger partial charge in [0.1, 0.15) is 4.60 Å². The molecule has 0 atom stereocenters. The number of halogens is 1. The molecule has 0 bridgehead atoms. The standard InChI is InChI=1S/C8H8BrN5/c1-14-4-5(2-12-14)6-3-11-8(10)7(9)13-6/h2-4H,1H3,(H2,10,11). The fraction of sp³-hybridized carbons (Fsp3) is 0.125. The van der Waals surface area contributed by atoms with Crippen LogP contribution in [0.2, 0.25) is 0 Å². The normalized spacial score (nSPS) is 10.4. The first-order valence-corrected chi connectivity index (χ1v) is 4.73. The van der Waals surface area contributed by atoms with Crippen LogP contribution in [0.5, 0.6) is 0 Å². The zero-order valence-electron chi connectivity index (χ0n) is 7.48. The number of nitrogens with zero attached hydrogens (tertiary/aromatic N) is 4. The number of aryl methyl sites for hydroxylation is 1. The SMILES string of the molecule is Cn1cc(-c2cnc(N)c(Br)n2)cn1. The molecule has 0 amide bonds.